The van der Waals surface area contributed by atoms with Crippen molar-refractivity contribution in [2.75, 3.05) is 5.75 Å². The molecule has 1 aliphatic carbocycles. The number of aromatic nitrogens is 2. The van der Waals surface area contributed by atoms with Crippen molar-refractivity contribution in [2.45, 2.75) is 43.2 Å². The van der Waals surface area contributed by atoms with E-state index >= 15 is 0 Å². The van der Waals surface area contributed by atoms with Crippen LogP contribution in [0.4, 0.5) is 0 Å². The average Bonchev–Trinajstić information content (AvgIpc) is 3.11. The summed E-state index contributed by atoms with van der Waals surface area (Å²) >= 11 is 7.75. The highest BCUT2D eigenvalue weighted by molar-refractivity contribution is 7.99. The van der Waals surface area contributed by atoms with Crippen LogP contribution in [0.15, 0.2) is 90.2 Å². The zero-order valence-corrected chi connectivity index (χ0v) is 20.4. The number of halogens is 1. The first-order chi connectivity index (χ1) is 16.1. The molecule has 1 aliphatic rings. The Morgan fingerprint density at radius 1 is 0.788 bits per heavy atom. The second-order valence-corrected chi connectivity index (χ2v) is 10.3. The third kappa shape index (κ3) is 4.58. The Morgan fingerprint density at radius 3 is 2.15 bits per heavy atom. The van der Waals surface area contributed by atoms with Gasteiger partial charge in [0, 0.05) is 28.0 Å². The van der Waals surface area contributed by atoms with Crippen LogP contribution in [0.1, 0.15) is 43.7 Å². The molecule has 0 saturated carbocycles. The molecule has 1 heterocycles. The summed E-state index contributed by atoms with van der Waals surface area (Å²) in [4.78, 5) is 9.17. The van der Waals surface area contributed by atoms with Crippen molar-refractivity contribution >= 4 is 23.4 Å². The quantitative estimate of drug-likeness (QED) is 0.147. The van der Waals surface area contributed by atoms with Crippen LogP contribution in [-0.2, 0) is 5.41 Å². The minimum atomic E-state index is 0.107. The van der Waals surface area contributed by atoms with Gasteiger partial charge in [0.2, 0.25) is 0 Å². The fraction of sp³-hybridized carbons (Fsp3) is 0.241. The van der Waals surface area contributed by atoms with E-state index in [0.717, 1.165) is 27.2 Å². The smallest absolute Gasteiger partial charge is 0.188 e. The lowest BCUT2D eigenvalue weighted by Crippen LogP contribution is -2.20. The fourth-order valence-electron chi connectivity index (χ4n) is 4.93. The molecule has 5 rings (SSSR count). The van der Waals surface area contributed by atoms with Gasteiger partial charge >= 0.3 is 0 Å². The molecule has 0 radical (unpaired) electrons. The molecule has 0 fully saturated rings. The van der Waals surface area contributed by atoms with Crippen molar-refractivity contribution in [1.29, 1.82) is 0 Å². The topological polar surface area (TPSA) is 25.8 Å². The molecule has 33 heavy (non-hydrogen) atoms. The number of hydrogen-bond acceptors (Lipinski definition) is 3. The SMILES string of the molecule is CC1(CCCCCSc2nccc(-c3ccc(Cl)cc3)n2)c2ccccc2-c2ccccc21. The van der Waals surface area contributed by atoms with Crippen molar-refractivity contribution in [3.63, 3.8) is 0 Å². The molecule has 0 atom stereocenters. The van der Waals surface area contributed by atoms with Crippen LogP contribution >= 0.6 is 23.4 Å². The first kappa shape index (κ1) is 22.2. The zero-order valence-electron chi connectivity index (χ0n) is 18.8. The molecule has 3 aromatic carbocycles. The minimum Gasteiger partial charge on any atom is -0.231 e. The molecular weight excluding hydrogens is 444 g/mol. The fourth-order valence-corrected chi connectivity index (χ4v) is 5.88. The van der Waals surface area contributed by atoms with Gasteiger partial charge in [-0.3, -0.25) is 0 Å². The molecule has 0 amide bonds. The van der Waals surface area contributed by atoms with E-state index in [9.17, 15) is 0 Å². The molecule has 1 aromatic heterocycles. The van der Waals surface area contributed by atoms with Gasteiger partial charge in [-0.15, -0.1) is 0 Å². The lowest BCUT2D eigenvalue weighted by atomic mass is 9.76. The first-order valence-corrected chi connectivity index (χ1v) is 12.9. The largest absolute Gasteiger partial charge is 0.231 e. The van der Waals surface area contributed by atoms with Gasteiger partial charge in [0.05, 0.1) is 5.69 Å². The van der Waals surface area contributed by atoms with Gasteiger partial charge in [0.15, 0.2) is 5.16 Å². The molecule has 0 aliphatic heterocycles. The lowest BCUT2D eigenvalue weighted by molar-refractivity contribution is 0.494. The van der Waals surface area contributed by atoms with Gasteiger partial charge in [0.25, 0.3) is 0 Å². The van der Waals surface area contributed by atoms with E-state index in [-0.39, 0.29) is 5.41 Å². The molecular formula is C29H27ClN2S. The Balaban J connectivity index is 1.15. The van der Waals surface area contributed by atoms with Crippen LogP contribution in [0.3, 0.4) is 0 Å². The number of thioether (sulfide) groups is 1. The second-order valence-electron chi connectivity index (χ2n) is 8.81. The normalized spacial score (nSPS) is 13.5. The van der Waals surface area contributed by atoms with Crippen LogP contribution in [-0.4, -0.2) is 15.7 Å². The number of unbranched alkanes of at least 4 members (excludes halogenated alkanes) is 2. The maximum absolute atomic E-state index is 6.00. The lowest BCUT2D eigenvalue weighted by Gasteiger charge is -2.27. The third-order valence-electron chi connectivity index (χ3n) is 6.66. The highest BCUT2D eigenvalue weighted by Gasteiger charge is 2.38. The molecule has 4 aromatic rings. The van der Waals surface area contributed by atoms with Crippen LogP contribution < -0.4 is 0 Å². The van der Waals surface area contributed by atoms with Gasteiger partial charge in [-0.05, 0) is 53.3 Å². The van der Waals surface area contributed by atoms with Crippen molar-refractivity contribution in [1.82, 2.24) is 9.97 Å². The van der Waals surface area contributed by atoms with Gasteiger partial charge in [-0.2, -0.15) is 0 Å². The second kappa shape index (κ2) is 9.70. The minimum absolute atomic E-state index is 0.107. The number of hydrogen-bond donors (Lipinski definition) is 0. The Labute approximate surface area is 205 Å². The molecule has 166 valence electrons. The number of nitrogens with zero attached hydrogens (tertiary/aromatic N) is 2. The number of benzene rings is 3. The Hall–Kier alpha value is -2.62. The average molecular weight is 471 g/mol. The van der Waals surface area contributed by atoms with Gasteiger partial charge in [-0.1, -0.05) is 104 Å². The molecule has 0 N–H and O–H groups in total. The van der Waals surface area contributed by atoms with Crippen LogP contribution in [0.5, 0.6) is 0 Å². The predicted molar refractivity (Wildman–Crippen MR) is 140 cm³/mol. The molecule has 0 unspecified atom stereocenters. The summed E-state index contributed by atoms with van der Waals surface area (Å²) < 4.78 is 0. The summed E-state index contributed by atoms with van der Waals surface area (Å²) in [7, 11) is 0. The third-order valence-corrected chi connectivity index (χ3v) is 7.86. The summed E-state index contributed by atoms with van der Waals surface area (Å²) in [5.74, 6) is 1.04. The maximum atomic E-state index is 6.00. The van der Waals surface area contributed by atoms with Gasteiger partial charge in [-0.25, -0.2) is 9.97 Å². The van der Waals surface area contributed by atoms with Crippen LogP contribution in [0.25, 0.3) is 22.4 Å². The van der Waals surface area contributed by atoms with Gasteiger partial charge < -0.3 is 0 Å². The molecule has 0 spiro atoms. The Kier molecular flexibility index (Phi) is 6.52. The highest BCUT2D eigenvalue weighted by atomic mass is 35.5. The summed E-state index contributed by atoms with van der Waals surface area (Å²) in [5.41, 5.74) is 7.88. The Morgan fingerprint density at radius 2 is 1.45 bits per heavy atom. The van der Waals surface area contributed by atoms with E-state index in [1.165, 1.54) is 47.9 Å². The highest BCUT2D eigenvalue weighted by Crippen LogP contribution is 2.51. The van der Waals surface area contributed by atoms with E-state index in [1.807, 2.05) is 36.5 Å². The standard InChI is InChI=1S/C29H27ClN2S/c1-29(25-11-5-3-9-23(25)24-10-4-6-12-26(24)29)18-7-2-8-20-33-28-31-19-17-27(32-28)21-13-15-22(30)16-14-21/h3-6,9-17,19H,2,7-8,18,20H2,1H3. The van der Waals surface area contributed by atoms with E-state index in [4.69, 9.17) is 16.6 Å². The van der Waals surface area contributed by atoms with E-state index in [1.54, 1.807) is 11.8 Å². The first-order valence-electron chi connectivity index (χ1n) is 11.6. The van der Waals surface area contributed by atoms with E-state index in [2.05, 4.69) is 60.4 Å². The zero-order chi connectivity index (χ0) is 22.7. The molecule has 4 heteroatoms. The van der Waals surface area contributed by atoms with Crippen molar-refractivity contribution < 1.29 is 0 Å². The summed E-state index contributed by atoms with van der Waals surface area (Å²) in [6.07, 6.45) is 6.61. The van der Waals surface area contributed by atoms with Crippen molar-refractivity contribution in [3.8, 4) is 22.4 Å². The van der Waals surface area contributed by atoms with E-state index in [0.29, 0.717) is 0 Å². The summed E-state index contributed by atoms with van der Waals surface area (Å²) in [5, 5.41) is 1.58. The van der Waals surface area contributed by atoms with E-state index < -0.39 is 0 Å². The summed E-state index contributed by atoms with van der Waals surface area (Å²) in [6.45, 7) is 2.42. The molecule has 0 saturated heterocycles. The van der Waals surface area contributed by atoms with Crippen LogP contribution in [0.2, 0.25) is 5.02 Å². The predicted octanol–water partition coefficient (Wildman–Crippen LogP) is 8.44. The number of fused-ring (bicyclic) bond motifs is 3. The summed E-state index contributed by atoms with van der Waals surface area (Å²) in [6, 6.07) is 27.6. The molecule has 2 nitrogen and oxygen atoms in total. The van der Waals surface area contributed by atoms with Crippen LogP contribution in [0, 0.1) is 0 Å². The van der Waals surface area contributed by atoms with Gasteiger partial charge in [0.1, 0.15) is 0 Å². The number of rotatable bonds is 8. The van der Waals surface area contributed by atoms with Crippen molar-refractivity contribution in [3.05, 3.63) is 101 Å². The maximum Gasteiger partial charge on any atom is 0.188 e. The monoisotopic (exact) mass is 470 g/mol. The Bertz CT molecular complexity index is 1210. The molecule has 0 bridgehead atoms. The van der Waals surface area contributed by atoms with Crippen molar-refractivity contribution in [2.24, 2.45) is 0 Å².